The van der Waals surface area contributed by atoms with Gasteiger partial charge in [-0.05, 0) is 13.0 Å². The Balaban J connectivity index is 2.93. The molecule has 0 saturated heterocycles. The highest BCUT2D eigenvalue weighted by molar-refractivity contribution is 9.09. The maximum Gasteiger partial charge on any atom is 0.0596 e. The Morgan fingerprint density at radius 2 is 2.36 bits per heavy atom. The van der Waals surface area contributed by atoms with Crippen LogP contribution in [0.15, 0.2) is 6.07 Å². The summed E-state index contributed by atoms with van der Waals surface area (Å²) in [5.74, 6) is 0.543. The molecular formula is C8H13BrN2. The first-order chi connectivity index (χ1) is 5.15. The van der Waals surface area contributed by atoms with Crippen molar-refractivity contribution >= 4 is 15.9 Å². The summed E-state index contributed by atoms with van der Waals surface area (Å²) in [4.78, 5) is 0. The average molecular weight is 217 g/mol. The third kappa shape index (κ3) is 1.83. The molecule has 0 N–H and O–H groups in total. The van der Waals surface area contributed by atoms with Crippen LogP contribution in [0.1, 0.15) is 24.2 Å². The highest BCUT2D eigenvalue weighted by Gasteiger charge is 2.08. The van der Waals surface area contributed by atoms with E-state index in [1.165, 1.54) is 5.69 Å². The number of hydrogen-bond acceptors (Lipinski definition) is 1. The zero-order chi connectivity index (χ0) is 8.43. The summed E-state index contributed by atoms with van der Waals surface area (Å²) >= 11 is 3.45. The van der Waals surface area contributed by atoms with Crippen molar-refractivity contribution in [1.29, 1.82) is 0 Å². The molecule has 0 fully saturated rings. The second-order valence-corrected chi connectivity index (χ2v) is 3.54. The van der Waals surface area contributed by atoms with E-state index in [2.05, 4.69) is 34.0 Å². The molecule has 0 aliphatic carbocycles. The number of halogens is 1. The number of rotatable bonds is 2. The van der Waals surface area contributed by atoms with Gasteiger partial charge in [0.1, 0.15) is 0 Å². The Morgan fingerprint density at radius 1 is 1.73 bits per heavy atom. The maximum absolute atomic E-state index is 4.28. The van der Waals surface area contributed by atoms with E-state index < -0.39 is 0 Å². The zero-order valence-electron chi connectivity index (χ0n) is 7.13. The van der Waals surface area contributed by atoms with Crippen LogP contribution in [-0.2, 0) is 7.05 Å². The molecule has 2 nitrogen and oxygen atoms in total. The third-order valence-electron chi connectivity index (χ3n) is 1.77. The summed E-state index contributed by atoms with van der Waals surface area (Å²) in [6.07, 6.45) is 0. The Hall–Kier alpha value is -0.310. The summed E-state index contributed by atoms with van der Waals surface area (Å²) in [6.45, 7) is 4.20. The highest BCUT2D eigenvalue weighted by atomic mass is 79.9. The number of aryl methyl sites for hydroxylation is 2. The van der Waals surface area contributed by atoms with Crippen molar-refractivity contribution in [2.45, 2.75) is 19.8 Å². The molecule has 11 heavy (non-hydrogen) atoms. The Morgan fingerprint density at radius 3 is 2.73 bits per heavy atom. The lowest BCUT2D eigenvalue weighted by Crippen LogP contribution is -2.03. The van der Waals surface area contributed by atoms with Gasteiger partial charge >= 0.3 is 0 Å². The summed E-state index contributed by atoms with van der Waals surface area (Å²) in [7, 11) is 1.99. The first-order valence-corrected chi connectivity index (χ1v) is 4.83. The fraction of sp³-hybridized carbons (Fsp3) is 0.625. The molecule has 0 saturated carbocycles. The largest absolute Gasteiger partial charge is 0.272 e. The van der Waals surface area contributed by atoms with Gasteiger partial charge in [-0.15, -0.1) is 0 Å². The molecule has 62 valence electrons. The number of aromatic nitrogens is 2. The van der Waals surface area contributed by atoms with Gasteiger partial charge in [-0.3, -0.25) is 4.68 Å². The Labute approximate surface area is 75.7 Å². The SMILES string of the molecule is Cc1cc(C(C)CBr)n(C)n1. The summed E-state index contributed by atoms with van der Waals surface area (Å²) in [5, 5.41) is 5.27. The van der Waals surface area contributed by atoms with Crippen LogP contribution in [0.25, 0.3) is 0 Å². The summed E-state index contributed by atoms with van der Waals surface area (Å²) in [6, 6.07) is 2.13. The normalized spacial score (nSPS) is 13.5. The molecule has 0 spiro atoms. The number of hydrogen-bond donors (Lipinski definition) is 0. The van der Waals surface area contributed by atoms with E-state index in [0.717, 1.165) is 11.0 Å². The van der Waals surface area contributed by atoms with Gasteiger partial charge in [-0.2, -0.15) is 5.10 Å². The fourth-order valence-corrected chi connectivity index (χ4v) is 1.50. The molecule has 0 amide bonds. The molecule has 0 bridgehead atoms. The molecule has 1 rings (SSSR count). The van der Waals surface area contributed by atoms with Crippen molar-refractivity contribution < 1.29 is 0 Å². The number of alkyl halides is 1. The van der Waals surface area contributed by atoms with E-state index in [4.69, 9.17) is 0 Å². The molecule has 3 heteroatoms. The van der Waals surface area contributed by atoms with Gasteiger partial charge in [0.25, 0.3) is 0 Å². The van der Waals surface area contributed by atoms with Crippen molar-refractivity contribution in [3.63, 3.8) is 0 Å². The lowest BCUT2D eigenvalue weighted by molar-refractivity contribution is 0.671. The molecule has 0 radical (unpaired) electrons. The lowest BCUT2D eigenvalue weighted by Gasteiger charge is -2.06. The van der Waals surface area contributed by atoms with Gasteiger partial charge in [0.05, 0.1) is 5.69 Å². The first kappa shape index (κ1) is 8.78. The van der Waals surface area contributed by atoms with Crippen molar-refractivity contribution in [1.82, 2.24) is 9.78 Å². The standard InChI is InChI=1S/C8H13BrN2/c1-6(5-9)8-4-7(2)10-11(8)3/h4,6H,5H2,1-3H3. The molecule has 0 aliphatic rings. The van der Waals surface area contributed by atoms with Gasteiger partial charge in [0.15, 0.2) is 0 Å². The monoisotopic (exact) mass is 216 g/mol. The predicted molar refractivity (Wildman–Crippen MR) is 50.2 cm³/mol. The zero-order valence-corrected chi connectivity index (χ0v) is 8.72. The maximum atomic E-state index is 4.28. The molecule has 0 aliphatic heterocycles. The van der Waals surface area contributed by atoms with E-state index in [1.54, 1.807) is 0 Å². The van der Waals surface area contributed by atoms with Crippen LogP contribution >= 0.6 is 15.9 Å². The van der Waals surface area contributed by atoms with Crippen molar-refractivity contribution in [2.75, 3.05) is 5.33 Å². The topological polar surface area (TPSA) is 17.8 Å². The van der Waals surface area contributed by atoms with Gasteiger partial charge in [-0.1, -0.05) is 22.9 Å². The van der Waals surface area contributed by atoms with Crippen LogP contribution in [0.2, 0.25) is 0 Å². The molecule has 1 heterocycles. The van der Waals surface area contributed by atoms with E-state index in [-0.39, 0.29) is 0 Å². The minimum absolute atomic E-state index is 0.543. The smallest absolute Gasteiger partial charge is 0.0596 e. The van der Waals surface area contributed by atoms with E-state index >= 15 is 0 Å². The number of nitrogens with zero attached hydrogens (tertiary/aromatic N) is 2. The van der Waals surface area contributed by atoms with Gasteiger partial charge in [-0.25, -0.2) is 0 Å². The van der Waals surface area contributed by atoms with Crippen molar-refractivity contribution in [3.8, 4) is 0 Å². The summed E-state index contributed by atoms with van der Waals surface area (Å²) < 4.78 is 1.95. The van der Waals surface area contributed by atoms with Crippen LogP contribution in [0.3, 0.4) is 0 Å². The molecular weight excluding hydrogens is 204 g/mol. The molecule has 1 aromatic rings. The second kappa shape index (κ2) is 3.39. The Bertz CT molecular complexity index is 242. The third-order valence-corrected chi connectivity index (χ3v) is 2.75. The summed E-state index contributed by atoms with van der Waals surface area (Å²) in [5.41, 5.74) is 2.38. The lowest BCUT2D eigenvalue weighted by atomic mass is 10.1. The van der Waals surface area contributed by atoms with Crippen LogP contribution in [0, 0.1) is 6.92 Å². The van der Waals surface area contributed by atoms with Crippen LogP contribution < -0.4 is 0 Å². The molecule has 1 atom stereocenters. The van der Waals surface area contributed by atoms with E-state index in [9.17, 15) is 0 Å². The minimum atomic E-state index is 0.543. The van der Waals surface area contributed by atoms with Gasteiger partial charge < -0.3 is 0 Å². The van der Waals surface area contributed by atoms with Crippen molar-refractivity contribution in [3.05, 3.63) is 17.5 Å². The predicted octanol–water partition coefficient (Wildman–Crippen LogP) is 2.23. The Kier molecular flexibility index (Phi) is 2.71. The minimum Gasteiger partial charge on any atom is -0.272 e. The van der Waals surface area contributed by atoms with E-state index in [1.807, 2.05) is 18.7 Å². The van der Waals surface area contributed by atoms with E-state index in [0.29, 0.717) is 5.92 Å². The molecule has 1 unspecified atom stereocenters. The average Bonchev–Trinajstić information content (AvgIpc) is 2.28. The second-order valence-electron chi connectivity index (χ2n) is 2.89. The van der Waals surface area contributed by atoms with Crippen LogP contribution in [0.5, 0.6) is 0 Å². The highest BCUT2D eigenvalue weighted by Crippen LogP contribution is 2.17. The van der Waals surface area contributed by atoms with Crippen molar-refractivity contribution in [2.24, 2.45) is 7.05 Å². The van der Waals surface area contributed by atoms with Gasteiger partial charge in [0.2, 0.25) is 0 Å². The molecule has 0 aromatic carbocycles. The fourth-order valence-electron chi connectivity index (χ4n) is 1.17. The van der Waals surface area contributed by atoms with Crippen LogP contribution in [0.4, 0.5) is 0 Å². The molecule has 1 aromatic heterocycles. The first-order valence-electron chi connectivity index (χ1n) is 3.71. The van der Waals surface area contributed by atoms with Crippen LogP contribution in [-0.4, -0.2) is 15.1 Å². The quantitative estimate of drug-likeness (QED) is 0.694. The van der Waals surface area contributed by atoms with Gasteiger partial charge in [0, 0.05) is 24.0 Å².